The number of pyridine rings is 1. The fourth-order valence-electron chi connectivity index (χ4n) is 2.64. The summed E-state index contributed by atoms with van der Waals surface area (Å²) in [5.74, 6) is -1.45. The molecule has 0 unspecified atom stereocenters. The monoisotopic (exact) mass is 335 g/mol. The van der Waals surface area contributed by atoms with E-state index in [-0.39, 0.29) is 5.69 Å². The van der Waals surface area contributed by atoms with Crippen LogP contribution in [0, 0.1) is 19.7 Å². The lowest BCUT2D eigenvalue weighted by Gasteiger charge is -2.09. The number of aromatic amines is 1. The minimum Gasteiger partial charge on any atom is -0.270 e. The quantitative estimate of drug-likeness (QED) is 0.676. The number of nitrogens with zero attached hydrogens (tertiary/aromatic N) is 2. The predicted molar refractivity (Wildman–Crippen MR) is 81.7 cm³/mol. The third-order valence-corrected chi connectivity index (χ3v) is 3.77. The molecule has 0 aliphatic rings. The Bertz CT molecular complexity index is 860. The van der Waals surface area contributed by atoms with Gasteiger partial charge in [0, 0.05) is 11.8 Å². The number of rotatable bonds is 2. The van der Waals surface area contributed by atoms with E-state index in [1.54, 1.807) is 11.2 Å². The molecule has 0 bridgehead atoms. The molecule has 2 heterocycles. The molecule has 0 atom stereocenters. The first kappa shape index (κ1) is 16.2. The van der Waals surface area contributed by atoms with Gasteiger partial charge in [0.05, 0.1) is 5.69 Å². The topological polar surface area (TPSA) is 41.6 Å². The van der Waals surface area contributed by atoms with Gasteiger partial charge < -0.3 is 0 Å². The second-order valence-electron chi connectivity index (χ2n) is 5.46. The smallest absolute Gasteiger partial charge is 0.270 e. The van der Waals surface area contributed by atoms with Gasteiger partial charge >= 0.3 is 6.18 Å². The first-order chi connectivity index (χ1) is 11.3. The maximum absolute atomic E-state index is 13.9. The molecule has 0 spiro atoms. The first-order valence-electron chi connectivity index (χ1n) is 7.13. The first-order valence-corrected chi connectivity index (χ1v) is 7.13. The van der Waals surface area contributed by atoms with Crippen molar-refractivity contribution in [2.24, 2.45) is 0 Å². The van der Waals surface area contributed by atoms with Gasteiger partial charge in [-0.05, 0) is 36.6 Å². The maximum atomic E-state index is 13.9. The molecule has 3 aromatic rings. The summed E-state index contributed by atoms with van der Waals surface area (Å²) >= 11 is 0. The zero-order chi connectivity index (χ0) is 17.5. The summed E-state index contributed by atoms with van der Waals surface area (Å²) in [4.78, 5) is 4.07. The van der Waals surface area contributed by atoms with Crippen molar-refractivity contribution in [1.82, 2.24) is 15.2 Å². The van der Waals surface area contributed by atoms with Gasteiger partial charge in [-0.2, -0.15) is 18.3 Å². The van der Waals surface area contributed by atoms with Gasteiger partial charge in [-0.1, -0.05) is 24.3 Å². The van der Waals surface area contributed by atoms with Crippen LogP contribution >= 0.6 is 0 Å². The van der Waals surface area contributed by atoms with Crippen molar-refractivity contribution in [3.05, 3.63) is 59.2 Å². The Morgan fingerprint density at radius 3 is 2.17 bits per heavy atom. The zero-order valence-electron chi connectivity index (χ0n) is 12.9. The highest BCUT2D eigenvalue weighted by Gasteiger charge is 2.38. The summed E-state index contributed by atoms with van der Waals surface area (Å²) < 4.78 is 51.8. The Labute approximate surface area is 135 Å². The van der Waals surface area contributed by atoms with Gasteiger partial charge in [-0.3, -0.25) is 10.1 Å². The van der Waals surface area contributed by atoms with E-state index in [0.29, 0.717) is 0 Å². The van der Waals surface area contributed by atoms with Crippen LogP contribution < -0.4 is 0 Å². The van der Waals surface area contributed by atoms with E-state index >= 15 is 0 Å². The third kappa shape index (κ3) is 2.77. The van der Waals surface area contributed by atoms with Gasteiger partial charge in [0.1, 0.15) is 5.69 Å². The van der Waals surface area contributed by atoms with Crippen LogP contribution in [0.4, 0.5) is 17.6 Å². The number of H-pyrrole nitrogens is 1. The Balaban J connectivity index is 2.01. The largest absolute Gasteiger partial charge is 0.435 e. The molecular formula is C17H13F4N3. The Kier molecular flexibility index (Phi) is 3.87. The molecule has 0 radical (unpaired) electrons. The second-order valence-corrected chi connectivity index (χ2v) is 5.46. The van der Waals surface area contributed by atoms with E-state index in [0.717, 1.165) is 22.3 Å². The fraction of sp³-hybridized carbons (Fsp3) is 0.176. The number of halogens is 4. The Morgan fingerprint density at radius 2 is 1.67 bits per heavy atom. The lowest BCUT2D eigenvalue weighted by molar-refractivity contribution is -0.143. The van der Waals surface area contributed by atoms with Crippen LogP contribution in [0.15, 0.2) is 36.5 Å². The predicted octanol–water partition coefficient (Wildman–Crippen LogP) is 4.91. The van der Waals surface area contributed by atoms with Gasteiger partial charge in [0.25, 0.3) is 0 Å². The molecule has 0 fully saturated rings. The molecule has 0 saturated heterocycles. The van der Waals surface area contributed by atoms with Crippen molar-refractivity contribution < 1.29 is 17.6 Å². The van der Waals surface area contributed by atoms with Crippen LogP contribution in [0.25, 0.3) is 22.5 Å². The SMILES string of the molecule is Cc1cccc(C)c1-c1ccc(-c2n[nH]c(C(F)(F)F)c2F)nc1. The molecule has 0 saturated carbocycles. The molecule has 1 aromatic carbocycles. The standard InChI is InChI=1S/C17H13F4N3/c1-9-4-3-5-10(2)13(9)11-6-7-12(22-8-11)15-14(18)16(24-23-15)17(19,20)21/h3-8H,1-2H3,(H,23,24). The van der Waals surface area contributed by atoms with Crippen molar-refractivity contribution in [2.75, 3.05) is 0 Å². The summed E-state index contributed by atoms with van der Waals surface area (Å²) in [6.07, 6.45) is -3.32. The van der Waals surface area contributed by atoms with E-state index in [1.165, 1.54) is 12.3 Å². The van der Waals surface area contributed by atoms with Crippen molar-refractivity contribution in [3.8, 4) is 22.5 Å². The molecule has 1 N–H and O–H groups in total. The van der Waals surface area contributed by atoms with Gasteiger partial charge in [0.15, 0.2) is 11.5 Å². The van der Waals surface area contributed by atoms with Crippen molar-refractivity contribution in [3.63, 3.8) is 0 Å². The van der Waals surface area contributed by atoms with E-state index < -0.39 is 23.4 Å². The molecule has 24 heavy (non-hydrogen) atoms. The fourth-order valence-corrected chi connectivity index (χ4v) is 2.64. The second kappa shape index (κ2) is 5.74. The normalized spacial score (nSPS) is 11.8. The van der Waals surface area contributed by atoms with Crippen molar-refractivity contribution >= 4 is 0 Å². The van der Waals surface area contributed by atoms with Crippen molar-refractivity contribution in [1.29, 1.82) is 0 Å². The molecule has 124 valence electrons. The number of aryl methyl sites for hydroxylation is 2. The number of hydrogen-bond acceptors (Lipinski definition) is 2. The van der Waals surface area contributed by atoms with Crippen LogP contribution in [0.1, 0.15) is 16.8 Å². The number of nitrogens with one attached hydrogen (secondary N) is 1. The van der Waals surface area contributed by atoms with Crippen molar-refractivity contribution in [2.45, 2.75) is 20.0 Å². The highest BCUT2D eigenvalue weighted by Crippen LogP contribution is 2.34. The molecule has 0 aliphatic carbocycles. The van der Waals surface area contributed by atoms with E-state index in [2.05, 4.69) is 10.1 Å². The third-order valence-electron chi connectivity index (χ3n) is 3.77. The molecule has 0 amide bonds. The van der Waals surface area contributed by atoms with Crippen LogP contribution in [-0.2, 0) is 6.18 Å². The average Bonchev–Trinajstić information content (AvgIpc) is 2.89. The minimum absolute atomic E-state index is 0.0363. The minimum atomic E-state index is -4.83. The van der Waals surface area contributed by atoms with Gasteiger partial charge in [-0.25, -0.2) is 4.39 Å². The van der Waals surface area contributed by atoms with Gasteiger partial charge in [-0.15, -0.1) is 0 Å². The number of hydrogen-bond donors (Lipinski definition) is 1. The Morgan fingerprint density at radius 1 is 1.00 bits per heavy atom. The highest BCUT2D eigenvalue weighted by molar-refractivity contribution is 5.71. The summed E-state index contributed by atoms with van der Waals surface area (Å²) in [5, 5.41) is 5.09. The van der Waals surface area contributed by atoms with E-state index in [9.17, 15) is 17.6 Å². The van der Waals surface area contributed by atoms with Crippen LogP contribution in [0.3, 0.4) is 0 Å². The molecule has 0 aliphatic heterocycles. The van der Waals surface area contributed by atoms with E-state index in [1.807, 2.05) is 32.0 Å². The molecule has 2 aromatic heterocycles. The molecule has 3 rings (SSSR count). The summed E-state index contributed by atoms with van der Waals surface area (Å²) in [5.41, 5.74) is 1.99. The van der Waals surface area contributed by atoms with Crippen LogP contribution in [0.5, 0.6) is 0 Å². The summed E-state index contributed by atoms with van der Waals surface area (Å²) in [6.45, 7) is 3.92. The lowest BCUT2D eigenvalue weighted by atomic mass is 9.97. The van der Waals surface area contributed by atoms with Gasteiger partial charge in [0.2, 0.25) is 0 Å². The summed E-state index contributed by atoms with van der Waals surface area (Å²) in [7, 11) is 0. The highest BCUT2D eigenvalue weighted by atomic mass is 19.4. The summed E-state index contributed by atoms with van der Waals surface area (Å²) in [6, 6.07) is 9.01. The average molecular weight is 335 g/mol. The lowest BCUT2D eigenvalue weighted by Crippen LogP contribution is -2.07. The molecular weight excluding hydrogens is 322 g/mol. The molecule has 7 heteroatoms. The van der Waals surface area contributed by atoms with Crippen LogP contribution in [-0.4, -0.2) is 15.2 Å². The van der Waals surface area contributed by atoms with E-state index in [4.69, 9.17) is 0 Å². The molecule has 3 nitrogen and oxygen atoms in total. The maximum Gasteiger partial charge on any atom is 0.435 e. The number of alkyl halides is 3. The number of aromatic nitrogens is 3. The Hall–Kier alpha value is -2.70. The van der Waals surface area contributed by atoms with Crippen LogP contribution in [0.2, 0.25) is 0 Å². The zero-order valence-corrected chi connectivity index (χ0v) is 12.9. The number of benzene rings is 1.